The van der Waals surface area contributed by atoms with E-state index in [1.807, 2.05) is 26.0 Å². The second kappa shape index (κ2) is 7.75. The molecular formula is C15H24N6O2. The van der Waals surface area contributed by atoms with Crippen molar-refractivity contribution in [2.45, 2.75) is 38.8 Å². The van der Waals surface area contributed by atoms with Gasteiger partial charge >= 0.3 is 6.03 Å². The summed E-state index contributed by atoms with van der Waals surface area (Å²) < 4.78 is 0. The fourth-order valence-electron chi connectivity index (χ4n) is 2.70. The van der Waals surface area contributed by atoms with Gasteiger partial charge in [-0.1, -0.05) is 13.8 Å². The Morgan fingerprint density at radius 2 is 2.04 bits per heavy atom. The predicted molar refractivity (Wildman–Crippen MR) is 86.6 cm³/mol. The lowest BCUT2D eigenvalue weighted by Gasteiger charge is -2.35. The minimum Gasteiger partial charge on any atom is -0.366 e. The van der Waals surface area contributed by atoms with E-state index in [2.05, 4.69) is 20.8 Å². The first kappa shape index (κ1) is 17.0. The third kappa shape index (κ3) is 4.80. The van der Waals surface area contributed by atoms with E-state index in [9.17, 15) is 9.59 Å². The summed E-state index contributed by atoms with van der Waals surface area (Å²) in [6.07, 6.45) is 3.28. The molecule has 2 rings (SSSR count). The molecule has 1 atom stereocenters. The van der Waals surface area contributed by atoms with Crippen LogP contribution in [0.15, 0.2) is 18.3 Å². The number of piperidine rings is 1. The molecule has 0 saturated carbocycles. The van der Waals surface area contributed by atoms with Gasteiger partial charge in [0.2, 0.25) is 5.91 Å². The summed E-state index contributed by atoms with van der Waals surface area (Å²) in [5.74, 6) is 0.662. The topological polar surface area (TPSA) is 113 Å². The number of carbonyl (C=O) groups excluding carboxylic acids is 2. The van der Waals surface area contributed by atoms with Gasteiger partial charge in [0.1, 0.15) is 11.9 Å². The average Bonchev–Trinajstić information content (AvgIpc) is 2.53. The molecule has 0 aromatic carbocycles. The first-order valence-corrected chi connectivity index (χ1v) is 7.86. The Hall–Kier alpha value is -2.38. The maximum atomic E-state index is 12.6. The first-order valence-electron chi connectivity index (χ1n) is 7.86. The van der Waals surface area contributed by atoms with E-state index in [0.717, 1.165) is 18.7 Å². The first-order chi connectivity index (χ1) is 11.0. The zero-order valence-corrected chi connectivity index (χ0v) is 13.5. The fraction of sp³-hybridized carbons (Fsp3) is 0.600. The molecule has 2 heterocycles. The van der Waals surface area contributed by atoms with Crippen LogP contribution in [0.1, 0.15) is 26.7 Å². The van der Waals surface area contributed by atoms with Gasteiger partial charge in [0.05, 0.1) is 0 Å². The Balaban J connectivity index is 1.87. The molecular weight excluding hydrogens is 296 g/mol. The van der Waals surface area contributed by atoms with Gasteiger partial charge in [-0.15, -0.1) is 5.10 Å². The van der Waals surface area contributed by atoms with E-state index in [-0.39, 0.29) is 17.9 Å². The molecule has 1 aliphatic rings. The Labute approximate surface area is 135 Å². The molecule has 0 spiro atoms. The maximum absolute atomic E-state index is 12.6. The van der Waals surface area contributed by atoms with Crippen molar-refractivity contribution in [3.8, 4) is 0 Å². The maximum Gasteiger partial charge on any atom is 0.312 e. The van der Waals surface area contributed by atoms with Gasteiger partial charge in [0, 0.05) is 25.3 Å². The van der Waals surface area contributed by atoms with Crippen LogP contribution in [0, 0.1) is 5.92 Å². The van der Waals surface area contributed by atoms with E-state index >= 15 is 0 Å². The fourth-order valence-corrected chi connectivity index (χ4v) is 2.70. The number of likely N-dealkylation sites (tertiary alicyclic amines) is 1. The quantitative estimate of drug-likeness (QED) is 0.734. The molecule has 0 bridgehead atoms. The van der Waals surface area contributed by atoms with Crippen molar-refractivity contribution in [3.63, 3.8) is 0 Å². The molecule has 0 aliphatic carbocycles. The Kier molecular flexibility index (Phi) is 5.72. The van der Waals surface area contributed by atoms with Gasteiger partial charge in [-0.25, -0.2) is 4.79 Å². The number of aromatic nitrogens is 2. The van der Waals surface area contributed by atoms with Gasteiger partial charge in [0.15, 0.2) is 0 Å². The highest BCUT2D eigenvalue weighted by Crippen LogP contribution is 2.17. The largest absolute Gasteiger partial charge is 0.366 e. The van der Waals surface area contributed by atoms with Crippen LogP contribution in [0.2, 0.25) is 0 Å². The van der Waals surface area contributed by atoms with E-state index in [1.165, 1.54) is 0 Å². The number of primary amides is 1. The second-order valence-corrected chi connectivity index (χ2v) is 6.08. The van der Waals surface area contributed by atoms with Crippen molar-refractivity contribution in [1.82, 2.24) is 20.4 Å². The number of hydrogen-bond acceptors (Lipinski definition) is 5. The lowest BCUT2D eigenvalue weighted by molar-refractivity contribution is -0.135. The molecule has 1 aliphatic heterocycles. The summed E-state index contributed by atoms with van der Waals surface area (Å²) in [7, 11) is 0. The number of hydrogen-bond donors (Lipinski definition) is 3. The van der Waals surface area contributed by atoms with Crippen LogP contribution in [0.25, 0.3) is 0 Å². The molecule has 1 aromatic rings. The van der Waals surface area contributed by atoms with Crippen LogP contribution in [-0.2, 0) is 4.79 Å². The molecule has 126 valence electrons. The van der Waals surface area contributed by atoms with Crippen molar-refractivity contribution < 1.29 is 9.59 Å². The van der Waals surface area contributed by atoms with Crippen LogP contribution in [0.5, 0.6) is 0 Å². The number of anilines is 1. The number of nitrogens with one attached hydrogen (secondary N) is 2. The number of urea groups is 1. The number of carbonyl (C=O) groups is 2. The summed E-state index contributed by atoms with van der Waals surface area (Å²) >= 11 is 0. The van der Waals surface area contributed by atoms with Crippen LogP contribution in [0.3, 0.4) is 0 Å². The molecule has 1 fully saturated rings. The zero-order chi connectivity index (χ0) is 16.8. The lowest BCUT2D eigenvalue weighted by Crippen LogP contribution is -2.54. The number of nitrogens with two attached hydrogens (primary N) is 1. The minimum atomic E-state index is -0.670. The Morgan fingerprint density at radius 3 is 2.57 bits per heavy atom. The van der Waals surface area contributed by atoms with Crippen LogP contribution >= 0.6 is 0 Å². The van der Waals surface area contributed by atoms with Crippen molar-refractivity contribution in [3.05, 3.63) is 18.3 Å². The predicted octanol–water partition coefficient (Wildman–Crippen LogP) is 0.572. The number of amides is 3. The number of nitrogens with zero attached hydrogens (tertiary/aromatic N) is 3. The number of rotatable bonds is 5. The molecule has 4 N–H and O–H groups in total. The van der Waals surface area contributed by atoms with E-state index in [0.29, 0.717) is 13.1 Å². The van der Waals surface area contributed by atoms with Crippen LogP contribution in [-0.4, -0.2) is 52.2 Å². The average molecular weight is 320 g/mol. The highest BCUT2D eigenvalue weighted by atomic mass is 16.2. The molecule has 8 nitrogen and oxygen atoms in total. The van der Waals surface area contributed by atoms with Gasteiger partial charge in [-0.3, -0.25) is 4.79 Å². The minimum absolute atomic E-state index is 0.00885. The highest BCUT2D eigenvalue weighted by molar-refractivity contribution is 5.86. The SMILES string of the molecule is CC(C)[C@@H](NC(N)=O)C(=O)N1CCC(Nc2cccnn2)CC1. The van der Waals surface area contributed by atoms with Gasteiger partial charge < -0.3 is 21.3 Å². The van der Waals surface area contributed by atoms with Crippen molar-refractivity contribution in [2.75, 3.05) is 18.4 Å². The van der Waals surface area contributed by atoms with Crippen molar-refractivity contribution in [2.24, 2.45) is 11.7 Å². The Morgan fingerprint density at radius 1 is 1.35 bits per heavy atom. The van der Waals surface area contributed by atoms with E-state index < -0.39 is 12.1 Å². The summed E-state index contributed by atoms with van der Waals surface area (Å²) in [6.45, 7) is 5.06. The molecule has 0 radical (unpaired) electrons. The normalized spacial score (nSPS) is 16.9. The van der Waals surface area contributed by atoms with Gasteiger partial charge in [-0.05, 0) is 30.9 Å². The smallest absolute Gasteiger partial charge is 0.312 e. The van der Waals surface area contributed by atoms with Crippen LogP contribution < -0.4 is 16.4 Å². The molecule has 23 heavy (non-hydrogen) atoms. The van der Waals surface area contributed by atoms with Gasteiger partial charge in [0.25, 0.3) is 0 Å². The summed E-state index contributed by atoms with van der Waals surface area (Å²) in [5.41, 5.74) is 5.16. The molecule has 3 amide bonds. The van der Waals surface area contributed by atoms with Gasteiger partial charge in [-0.2, -0.15) is 5.10 Å². The lowest BCUT2D eigenvalue weighted by atomic mass is 9.99. The summed E-state index contributed by atoms with van der Waals surface area (Å²) in [4.78, 5) is 25.4. The monoisotopic (exact) mass is 320 g/mol. The Bertz CT molecular complexity index is 528. The van der Waals surface area contributed by atoms with Crippen molar-refractivity contribution in [1.29, 1.82) is 0 Å². The zero-order valence-electron chi connectivity index (χ0n) is 13.5. The standard InChI is InChI=1S/C15H24N6O2/c1-10(2)13(19-15(16)23)14(22)21-8-5-11(6-9-21)18-12-4-3-7-17-20-12/h3-4,7,10-11,13H,5-6,8-9H2,1-2H3,(H,18,20)(H3,16,19,23)/t13-/m1/s1. The van der Waals surface area contributed by atoms with Crippen LogP contribution in [0.4, 0.5) is 10.6 Å². The van der Waals surface area contributed by atoms with Crippen molar-refractivity contribution >= 4 is 17.8 Å². The summed E-state index contributed by atoms with van der Waals surface area (Å²) in [5, 5.41) is 13.7. The molecule has 0 unspecified atom stereocenters. The van der Waals surface area contributed by atoms with E-state index in [4.69, 9.17) is 5.73 Å². The molecule has 8 heteroatoms. The second-order valence-electron chi connectivity index (χ2n) is 6.08. The molecule has 1 aromatic heterocycles. The van der Waals surface area contributed by atoms with E-state index in [1.54, 1.807) is 11.1 Å². The molecule has 1 saturated heterocycles. The third-order valence-corrected chi connectivity index (χ3v) is 3.96. The summed E-state index contributed by atoms with van der Waals surface area (Å²) in [6, 6.07) is 2.72. The third-order valence-electron chi connectivity index (χ3n) is 3.96. The highest BCUT2D eigenvalue weighted by Gasteiger charge is 2.30.